The summed E-state index contributed by atoms with van der Waals surface area (Å²) in [6.07, 6.45) is 0. The molecular weight excluding hydrogens is 296 g/mol. The van der Waals surface area contributed by atoms with E-state index in [0.717, 1.165) is 16.2 Å². The largest absolute Gasteiger partial charge is 0.496 e. The number of fused-ring (bicyclic) bond motifs is 3. The first-order valence-corrected chi connectivity index (χ1v) is 6.92. The maximum atomic E-state index is 12.2. The highest BCUT2D eigenvalue weighted by Gasteiger charge is 2.22. The van der Waals surface area contributed by atoms with Crippen LogP contribution >= 0.6 is 0 Å². The Labute approximate surface area is 132 Å². The van der Waals surface area contributed by atoms with Crippen LogP contribution in [0.3, 0.4) is 0 Å². The highest BCUT2D eigenvalue weighted by atomic mass is 16.5. The minimum Gasteiger partial charge on any atom is -0.496 e. The Kier molecular flexibility index (Phi) is 3.62. The van der Waals surface area contributed by atoms with E-state index in [-0.39, 0.29) is 11.1 Å². The number of carboxylic acids is 1. The molecule has 0 amide bonds. The van der Waals surface area contributed by atoms with E-state index in [1.165, 1.54) is 20.3 Å². The summed E-state index contributed by atoms with van der Waals surface area (Å²) in [6, 6.07) is 12.4. The standard InChI is InChI=1S/C18H14O5/c1-22-15-9-14-11(10-5-3-4-6-12(10)15)7-8-13(17(19)20)16(14)18(21)23-2/h3-9H,1-2H3,(H,19,20). The number of carbonyl (C=O) groups is 2. The van der Waals surface area contributed by atoms with Gasteiger partial charge in [-0.15, -0.1) is 0 Å². The fourth-order valence-corrected chi connectivity index (χ4v) is 2.82. The van der Waals surface area contributed by atoms with Gasteiger partial charge in [-0.25, -0.2) is 9.59 Å². The molecule has 3 aromatic carbocycles. The quantitative estimate of drug-likeness (QED) is 0.592. The first kappa shape index (κ1) is 14.8. The molecule has 0 heterocycles. The normalized spacial score (nSPS) is 10.7. The summed E-state index contributed by atoms with van der Waals surface area (Å²) < 4.78 is 10.2. The summed E-state index contributed by atoms with van der Waals surface area (Å²) in [7, 11) is 2.76. The van der Waals surface area contributed by atoms with E-state index in [4.69, 9.17) is 9.47 Å². The molecule has 0 aromatic heterocycles. The lowest BCUT2D eigenvalue weighted by Crippen LogP contribution is -2.11. The van der Waals surface area contributed by atoms with Gasteiger partial charge in [-0.05, 0) is 22.9 Å². The molecule has 0 aliphatic carbocycles. The van der Waals surface area contributed by atoms with Gasteiger partial charge in [-0.1, -0.05) is 30.3 Å². The first-order chi connectivity index (χ1) is 11.1. The molecule has 0 spiro atoms. The summed E-state index contributed by atoms with van der Waals surface area (Å²) in [5.74, 6) is -1.30. The Bertz CT molecular complexity index is 943. The van der Waals surface area contributed by atoms with Crippen molar-refractivity contribution < 1.29 is 24.2 Å². The molecular formula is C18H14O5. The molecule has 0 unspecified atom stereocenters. The molecule has 1 N–H and O–H groups in total. The van der Waals surface area contributed by atoms with Crippen molar-refractivity contribution in [3.8, 4) is 5.75 Å². The third kappa shape index (κ3) is 2.26. The topological polar surface area (TPSA) is 72.8 Å². The molecule has 0 bridgehead atoms. The van der Waals surface area contributed by atoms with E-state index in [0.29, 0.717) is 11.1 Å². The van der Waals surface area contributed by atoms with E-state index in [1.807, 2.05) is 24.3 Å². The Hall–Kier alpha value is -3.08. The van der Waals surface area contributed by atoms with Crippen LogP contribution in [0.15, 0.2) is 42.5 Å². The number of hydrogen-bond donors (Lipinski definition) is 1. The van der Waals surface area contributed by atoms with Crippen molar-refractivity contribution in [3.05, 3.63) is 53.6 Å². The maximum absolute atomic E-state index is 12.2. The van der Waals surface area contributed by atoms with Crippen molar-refractivity contribution in [3.63, 3.8) is 0 Å². The third-order valence-corrected chi connectivity index (χ3v) is 3.84. The molecule has 5 heteroatoms. The lowest BCUT2D eigenvalue weighted by atomic mass is 9.94. The lowest BCUT2D eigenvalue weighted by molar-refractivity contribution is 0.0585. The van der Waals surface area contributed by atoms with Crippen molar-refractivity contribution in [2.75, 3.05) is 14.2 Å². The highest BCUT2D eigenvalue weighted by molar-refractivity contribution is 6.19. The molecule has 5 nitrogen and oxygen atoms in total. The van der Waals surface area contributed by atoms with Gasteiger partial charge in [0.05, 0.1) is 25.3 Å². The molecule has 0 aliphatic heterocycles. The van der Waals surface area contributed by atoms with Gasteiger partial charge in [0.1, 0.15) is 5.75 Å². The van der Waals surface area contributed by atoms with Crippen LogP contribution in [0.4, 0.5) is 0 Å². The van der Waals surface area contributed by atoms with Gasteiger partial charge >= 0.3 is 11.9 Å². The van der Waals surface area contributed by atoms with E-state index >= 15 is 0 Å². The number of carbonyl (C=O) groups excluding carboxylic acids is 1. The monoisotopic (exact) mass is 310 g/mol. The van der Waals surface area contributed by atoms with Crippen molar-refractivity contribution in [2.24, 2.45) is 0 Å². The number of methoxy groups -OCH3 is 2. The van der Waals surface area contributed by atoms with Crippen molar-refractivity contribution >= 4 is 33.5 Å². The summed E-state index contributed by atoms with van der Waals surface area (Å²) in [5.41, 5.74) is -0.0664. The Morgan fingerprint density at radius 3 is 2.17 bits per heavy atom. The molecule has 3 aromatic rings. The number of benzene rings is 3. The van der Waals surface area contributed by atoms with Crippen LogP contribution in [-0.4, -0.2) is 31.3 Å². The minimum absolute atomic E-state index is 0.0292. The number of hydrogen-bond acceptors (Lipinski definition) is 4. The molecule has 0 radical (unpaired) electrons. The molecule has 0 saturated carbocycles. The zero-order valence-electron chi connectivity index (χ0n) is 12.6. The number of aromatic carboxylic acids is 1. The summed E-state index contributed by atoms with van der Waals surface area (Å²) in [5, 5.41) is 12.4. The zero-order valence-corrected chi connectivity index (χ0v) is 12.6. The molecule has 0 aliphatic rings. The van der Waals surface area contributed by atoms with Crippen molar-refractivity contribution in [2.45, 2.75) is 0 Å². The van der Waals surface area contributed by atoms with Crippen LogP contribution in [0.2, 0.25) is 0 Å². The van der Waals surface area contributed by atoms with Crippen LogP contribution in [0.5, 0.6) is 5.75 Å². The fraction of sp³-hybridized carbons (Fsp3) is 0.111. The highest BCUT2D eigenvalue weighted by Crippen LogP contribution is 2.36. The third-order valence-electron chi connectivity index (χ3n) is 3.84. The van der Waals surface area contributed by atoms with E-state index in [2.05, 4.69) is 0 Å². The Balaban J connectivity index is 2.54. The second kappa shape index (κ2) is 5.61. The molecule has 0 atom stereocenters. The van der Waals surface area contributed by atoms with Crippen LogP contribution in [0, 0.1) is 0 Å². The van der Waals surface area contributed by atoms with Crippen LogP contribution in [0.25, 0.3) is 21.5 Å². The van der Waals surface area contributed by atoms with E-state index < -0.39 is 11.9 Å². The fourth-order valence-electron chi connectivity index (χ4n) is 2.82. The Morgan fingerprint density at radius 1 is 0.913 bits per heavy atom. The number of ether oxygens (including phenoxy) is 2. The van der Waals surface area contributed by atoms with Gasteiger partial charge in [-0.3, -0.25) is 0 Å². The van der Waals surface area contributed by atoms with Gasteiger partial charge in [0.2, 0.25) is 0 Å². The van der Waals surface area contributed by atoms with Gasteiger partial charge in [0, 0.05) is 10.8 Å². The second-order valence-electron chi connectivity index (χ2n) is 5.00. The molecule has 23 heavy (non-hydrogen) atoms. The lowest BCUT2D eigenvalue weighted by Gasteiger charge is -2.13. The molecule has 0 saturated heterocycles. The Morgan fingerprint density at radius 2 is 1.57 bits per heavy atom. The number of esters is 1. The first-order valence-electron chi connectivity index (χ1n) is 6.92. The average Bonchev–Trinajstić information content (AvgIpc) is 2.58. The van der Waals surface area contributed by atoms with E-state index in [9.17, 15) is 14.7 Å². The number of carboxylic acid groups (broad SMARTS) is 1. The molecule has 116 valence electrons. The number of rotatable bonds is 3. The van der Waals surface area contributed by atoms with Gasteiger partial charge in [0.25, 0.3) is 0 Å². The van der Waals surface area contributed by atoms with Gasteiger partial charge < -0.3 is 14.6 Å². The van der Waals surface area contributed by atoms with Crippen LogP contribution < -0.4 is 4.74 Å². The van der Waals surface area contributed by atoms with E-state index in [1.54, 1.807) is 12.1 Å². The SMILES string of the molecule is COC(=O)c1c(C(=O)O)ccc2c1cc(OC)c1ccccc12. The zero-order chi connectivity index (χ0) is 16.6. The second-order valence-corrected chi connectivity index (χ2v) is 5.00. The predicted molar refractivity (Wildman–Crippen MR) is 86.3 cm³/mol. The summed E-state index contributed by atoms with van der Waals surface area (Å²) in [4.78, 5) is 23.6. The van der Waals surface area contributed by atoms with Crippen LogP contribution in [-0.2, 0) is 4.74 Å². The summed E-state index contributed by atoms with van der Waals surface area (Å²) >= 11 is 0. The summed E-state index contributed by atoms with van der Waals surface area (Å²) in [6.45, 7) is 0. The van der Waals surface area contributed by atoms with Crippen molar-refractivity contribution in [1.29, 1.82) is 0 Å². The average molecular weight is 310 g/mol. The van der Waals surface area contributed by atoms with Crippen molar-refractivity contribution in [1.82, 2.24) is 0 Å². The van der Waals surface area contributed by atoms with Gasteiger partial charge in [-0.2, -0.15) is 0 Å². The predicted octanol–water partition coefficient (Wildman–Crippen LogP) is 3.49. The maximum Gasteiger partial charge on any atom is 0.339 e. The van der Waals surface area contributed by atoms with Crippen LogP contribution in [0.1, 0.15) is 20.7 Å². The molecule has 0 fully saturated rings. The van der Waals surface area contributed by atoms with Gasteiger partial charge in [0.15, 0.2) is 0 Å². The minimum atomic E-state index is -1.18. The smallest absolute Gasteiger partial charge is 0.339 e. The molecule has 3 rings (SSSR count).